The van der Waals surface area contributed by atoms with Gasteiger partial charge in [-0.05, 0) is 12.1 Å². The van der Waals surface area contributed by atoms with Crippen molar-refractivity contribution in [3.05, 3.63) is 35.9 Å². The average molecular weight is 285 g/mol. The predicted octanol–water partition coefficient (Wildman–Crippen LogP) is -2.15. The molecule has 0 spiro atoms. The minimum Gasteiger partial charge on any atom is -0.394 e. The van der Waals surface area contributed by atoms with Crippen LogP contribution < -0.4 is 5.32 Å². The molecule has 0 radical (unpaired) electrons. The minimum atomic E-state index is -1.70. The Labute approximate surface area is 116 Å². The standard InChI is InChI=1S/C13H19NO6/c15-7-10(17)12(19)11(18)9(16)6-14-13(20)8-4-2-1-3-5-8/h1-5,9-12,15-19H,6-7H2,(H,14,20). The molecule has 0 saturated carbocycles. The third-order valence-corrected chi connectivity index (χ3v) is 2.83. The molecule has 7 heteroatoms. The molecule has 1 amide bonds. The van der Waals surface area contributed by atoms with Crippen LogP contribution in [0.2, 0.25) is 0 Å². The number of nitrogens with one attached hydrogen (secondary N) is 1. The first-order valence-corrected chi connectivity index (χ1v) is 6.13. The van der Waals surface area contributed by atoms with E-state index < -0.39 is 36.9 Å². The fraction of sp³-hybridized carbons (Fsp3) is 0.462. The van der Waals surface area contributed by atoms with E-state index in [0.717, 1.165) is 0 Å². The summed E-state index contributed by atoms with van der Waals surface area (Å²) in [7, 11) is 0. The quantitative estimate of drug-likeness (QED) is 0.339. The van der Waals surface area contributed by atoms with E-state index in [4.69, 9.17) is 10.2 Å². The van der Waals surface area contributed by atoms with Gasteiger partial charge in [0.15, 0.2) is 0 Å². The monoisotopic (exact) mass is 285 g/mol. The molecule has 0 aliphatic heterocycles. The normalized spacial score (nSPS) is 17.1. The van der Waals surface area contributed by atoms with E-state index >= 15 is 0 Å². The largest absolute Gasteiger partial charge is 0.394 e. The molecule has 0 aliphatic rings. The van der Waals surface area contributed by atoms with E-state index in [2.05, 4.69) is 5.32 Å². The van der Waals surface area contributed by atoms with Crippen LogP contribution >= 0.6 is 0 Å². The van der Waals surface area contributed by atoms with Gasteiger partial charge in [0.05, 0.1) is 12.7 Å². The zero-order chi connectivity index (χ0) is 15.1. The summed E-state index contributed by atoms with van der Waals surface area (Å²) in [5, 5.41) is 48.7. The van der Waals surface area contributed by atoms with Crippen LogP contribution in [0.4, 0.5) is 0 Å². The molecule has 1 aromatic rings. The summed E-state index contributed by atoms with van der Waals surface area (Å²) in [6, 6.07) is 8.29. The third kappa shape index (κ3) is 4.55. The molecule has 7 nitrogen and oxygen atoms in total. The van der Waals surface area contributed by atoms with Crippen LogP contribution in [0, 0.1) is 0 Å². The van der Waals surface area contributed by atoms with Crippen molar-refractivity contribution in [3.8, 4) is 0 Å². The van der Waals surface area contributed by atoms with Crippen LogP contribution in [0.1, 0.15) is 10.4 Å². The van der Waals surface area contributed by atoms with Crippen molar-refractivity contribution in [2.24, 2.45) is 0 Å². The maximum Gasteiger partial charge on any atom is 0.251 e. The van der Waals surface area contributed by atoms with Crippen molar-refractivity contribution in [2.45, 2.75) is 24.4 Å². The zero-order valence-electron chi connectivity index (χ0n) is 10.8. The van der Waals surface area contributed by atoms with Crippen molar-refractivity contribution >= 4 is 5.91 Å². The molecule has 0 bridgehead atoms. The van der Waals surface area contributed by atoms with Crippen LogP contribution in [0.5, 0.6) is 0 Å². The zero-order valence-corrected chi connectivity index (χ0v) is 10.8. The van der Waals surface area contributed by atoms with E-state index in [1.807, 2.05) is 0 Å². The van der Waals surface area contributed by atoms with Gasteiger partial charge in [0, 0.05) is 12.1 Å². The first kappa shape index (κ1) is 16.5. The molecule has 4 atom stereocenters. The highest BCUT2D eigenvalue weighted by molar-refractivity contribution is 5.94. The number of aliphatic hydroxyl groups is 5. The number of rotatable bonds is 7. The number of aliphatic hydroxyl groups excluding tert-OH is 5. The molecule has 1 aromatic carbocycles. The summed E-state index contributed by atoms with van der Waals surface area (Å²) in [4.78, 5) is 11.7. The number of carbonyl (C=O) groups excluding carboxylic acids is 1. The Balaban J connectivity index is 2.47. The molecular weight excluding hydrogens is 266 g/mol. The van der Waals surface area contributed by atoms with E-state index in [1.165, 1.54) is 0 Å². The van der Waals surface area contributed by atoms with Crippen LogP contribution in [0.3, 0.4) is 0 Å². The molecule has 20 heavy (non-hydrogen) atoms. The lowest BCUT2D eigenvalue weighted by atomic mass is 10.0. The highest BCUT2D eigenvalue weighted by atomic mass is 16.4. The number of hydrogen-bond acceptors (Lipinski definition) is 6. The van der Waals surface area contributed by atoms with Gasteiger partial charge in [0.1, 0.15) is 18.3 Å². The first-order valence-electron chi connectivity index (χ1n) is 6.13. The molecule has 0 saturated heterocycles. The minimum absolute atomic E-state index is 0.301. The van der Waals surface area contributed by atoms with Crippen molar-refractivity contribution < 1.29 is 30.3 Å². The molecular formula is C13H19NO6. The summed E-state index contributed by atoms with van der Waals surface area (Å²) in [6.45, 7) is -1.05. The average Bonchev–Trinajstić information content (AvgIpc) is 2.50. The van der Waals surface area contributed by atoms with Gasteiger partial charge >= 0.3 is 0 Å². The lowest BCUT2D eigenvalue weighted by molar-refractivity contribution is -0.113. The maximum absolute atomic E-state index is 11.7. The molecule has 0 aliphatic carbocycles. The van der Waals surface area contributed by atoms with Gasteiger partial charge < -0.3 is 30.8 Å². The molecule has 0 fully saturated rings. The number of hydrogen-bond donors (Lipinski definition) is 6. The number of amides is 1. The summed E-state index contributed by atoms with van der Waals surface area (Å²) in [5.74, 6) is -0.436. The van der Waals surface area contributed by atoms with Gasteiger partial charge in [-0.25, -0.2) is 0 Å². The molecule has 112 valence electrons. The fourth-order valence-electron chi connectivity index (χ4n) is 1.57. The fourth-order valence-corrected chi connectivity index (χ4v) is 1.57. The molecule has 0 heterocycles. The Morgan fingerprint density at radius 2 is 1.55 bits per heavy atom. The van der Waals surface area contributed by atoms with Gasteiger partial charge in [0.2, 0.25) is 0 Å². The van der Waals surface area contributed by atoms with E-state index in [9.17, 15) is 20.1 Å². The Bertz CT molecular complexity index is 413. The van der Waals surface area contributed by atoms with Gasteiger partial charge in [-0.2, -0.15) is 0 Å². The molecule has 4 unspecified atom stereocenters. The second-order valence-corrected chi connectivity index (χ2v) is 4.37. The Morgan fingerprint density at radius 3 is 2.10 bits per heavy atom. The van der Waals surface area contributed by atoms with Crippen molar-refractivity contribution in [2.75, 3.05) is 13.2 Å². The maximum atomic E-state index is 11.7. The smallest absolute Gasteiger partial charge is 0.251 e. The molecule has 1 rings (SSSR count). The van der Waals surface area contributed by atoms with Gasteiger partial charge in [-0.1, -0.05) is 18.2 Å². The van der Waals surface area contributed by atoms with Crippen LogP contribution in [0.15, 0.2) is 30.3 Å². The predicted molar refractivity (Wildman–Crippen MR) is 69.9 cm³/mol. The summed E-state index contributed by atoms with van der Waals surface area (Å²) >= 11 is 0. The van der Waals surface area contributed by atoms with Crippen molar-refractivity contribution in [3.63, 3.8) is 0 Å². The van der Waals surface area contributed by atoms with Crippen LogP contribution in [-0.4, -0.2) is 69.0 Å². The summed E-state index contributed by atoms with van der Waals surface area (Å²) in [6.07, 6.45) is -6.43. The lowest BCUT2D eigenvalue weighted by Gasteiger charge is -2.25. The van der Waals surface area contributed by atoms with E-state index in [1.54, 1.807) is 30.3 Å². The van der Waals surface area contributed by atoms with E-state index in [-0.39, 0.29) is 6.54 Å². The van der Waals surface area contributed by atoms with Gasteiger partial charge in [-0.15, -0.1) is 0 Å². The summed E-state index contributed by atoms with van der Waals surface area (Å²) < 4.78 is 0. The van der Waals surface area contributed by atoms with Crippen molar-refractivity contribution in [1.82, 2.24) is 5.32 Å². The van der Waals surface area contributed by atoms with E-state index in [0.29, 0.717) is 5.56 Å². The Kier molecular flexibility index (Phi) is 6.56. The second-order valence-electron chi connectivity index (χ2n) is 4.37. The second kappa shape index (κ2) is 7.93. The van der Waals surface area contributed by atoms with Crippen molar-refractivity contribution in [1.29, 1.82) is 0 Å². The van der Waals surface area contributed by atoms with Crippen LogP contribution in [0.25, 0.3) is 0 Å². The van der Waals surface area contributed by atoms with Gasteiger partial charge in [-0.3, -0.25) is 4.79 Å². The number of carbonyl (C=O) groups is 1. The number of benzene rings is 1. The summed E-state index contributed by atoms with van der Waals surface area (Å²) in [5.41, 5.74) is 0.394. The SMILES string of the molecule is O=C(NCC(O)C(O)C(O)C(O)CO)c1ccccc1. The topological polar surface area (TPSA) is 130 Å². The first-order chi connectivity index (χ1) is 9.47. The third-order valence-electron chi connectivity index (χ3n) is 2.83. The molecule has 6 N–H and O–H groups in total. The lowest BCUT2D eigenvalue weighted by Crippen LogP contribution is -2.49. The molecule has 0 aromatic heterocycles. The Hall–Kier alpha value is -1.51. The Morgan fingerprint density at radius 1 is 1.00 bits per heavy atom. The highest BCUT2D eigenvalue weighted by Crippen LogP contribution is 2.05. The van der Waals surface area contributed by atoms with Crippen LogP contribution in [-0.2, 0) is 0 Å². The van der Waals surface area contributed by atoms with Gasteiger partial charge in [0.25, 0.3) is 5.91 Å². The highest BCUT2D eigenvalue weighted by Gasteiger charge is 2.30.